The number of hydrogen-bond acceptors (Lipinski definition) is 0. The van der Waals surface area contributed by atoms with Crippen LogP contribution in [0.15, 0.2) is 157 Å². The van der Waals surface area contributed by atoms with Crippen LogP contribution in [-0.2, 0) is 15.0 Å². The van der Waals surface area contributed by atoms with Crippen molar-refractivity contribution in [2.75, 3.05) is 0 Å². The summed E-state index contributed by atoms with van der Waals surface area (Å²) in [6, 6.07) is 54.2. The van der Waals surface area contributed by atoms with Crippen LogP contribution < -0.4 is 0 Å². The predicted octanol–water partition coefficient (Wildman–Crippen LogP) is 16.3. The Morgan fingerprint density at radius 2 is 0.821 bits per heavy atom. The van der Waals surface area contributed by atoms with Gasteiger partial charge in [-0.2, -0.15) is 0 Å². The van der Waals surface area contributed by atoms with Gasteiger partial charge in [-0.3, -0.25) is 0 Å². The molecule has 56 heavy (non-hydrogen) atoms. The van der Waals surface area contributed by atoms with Gasteiger partial charge in [0, 0.05) is 0 Å². The minimum atomic E-state index is -4.94. The van der Waals surface area contributed by atoms with Crippen molar-refractivity contribution < 1.29 is 15.0 Å². The molecule has 0 nitrogen and oxygen atoms in total. The molecule has 274 valence electrons. The van der Waals surface area contributed by atoms with E-state index in [1.165, 1.54) is 98.7 Å². The molecule has 0 aliphatic heterocycles. The van der Waals surface area contributed by atoms with Gasteiger partial charge < -0.3 is 0 Å². The van der Waals surface area contributed by atoms with Gasteiger partial charge in [-0.15, -0.1) is 0 Å². The fourth-order valence-electron chi connectivity index (χ4n) is 10.3. The first kappa shape index (κ1) is 36.3. The summed E-state index contributed by atoms with van der Waals surface area (Å²) in [6.45, 7) is 9.43. The van der Waals surface area contributed by atoms with E-state index in [-0.39, 0.29) is 7.25 Å². The van der Waals surface area contributed by atoms with Crippen molar-refractivity contribution in [2.24, 2.45) is 0 Å². The molecule has 8 aromatic rings. The Kier molecular flexibility index (Phi) is 8.77. The maximum absolute atomic E-state index is 8.75. The third kappa shape index (κ3) is 5.47. The van der Waals surface area contributed by atoms with Gasteiger partial charge in [0.1, 0.15) is 0 Å². The SMILES string of the molecule is CCC1=Cc2c(-c3ccc4cc5ccccc5cc4c3)cccc2[CH]1[Zr]([Cl])([Cl])([CH]1C(CC)=Cc2c(-c3ccc4cc5ccccc5cc4c3)cccc21)=[Si](C)C. The zero-order valence-corrected chi connectivity index (χ0v) is 37.3. The molecule has 2 aliphatic rings. The molecule has 2 unspecified atom stereocenters. The summed E-state index contributed by atoms with van der Waals surface area (Å²) in [7, 11) is 17.5. The fourth-order valence-corrected chi connectivity index (χ4v) is 39.7. The van der Waals surface area contributed by atoms with E-state index in [1.807, 2.05) is 0 Å². The van der Waals surface area contributed by atoms with Crippen molar-refractivity contribution >= 4 is 77.7 Å². The van der Waals surface area contributed by atoms with Crippen LogP contribution in [0.3, 0.4) is 0 Å². The van der Waals surface area contributed by atoms with Crippen molar-refractivity contribution in [3.05, 3.63) is 179 Å². The van der Waals surface area contributed by atoms with Crippen LogP contribution in [0, 0.1) is 0 Å². The van der Waals surface area contributed by atoms with E-state index in [0.717, 1.165) is 12.8 Å². The quantitative estimate of drug-likeness (QED) is 0.115. The maximum atomic E-state index is 8.75. The molecule has 2 atom stereocenters. The Morgan fingerprint density at radius 3 is 1.20 bits per heavy atom. The van der Waals surface area contributed by atoms with Crippen molar-refractivity contribution in [2.45, 2.75) is 47.0 Å². The second kappa shape index (κ2) is 13.5. The second-order valence-electron chi connectivity index (χ2n) is 16.3. The molecule has 0 aromatic heterocycles. The molecule has 0 radical (unpaired) electrons. The van der Waals surface area contributed by atoms with Gasteiger partial charge in [-0.25, -0.2) is 0 Å². The van der Waals surface area contributed by atoms with Gasteiger partial charge >= 0.3 is 341 Å². The average Bonchev–Trinajstić information content (AvgIpc) is 3.82. The molecule has 4 heteroatoms. The number of halogens is 2. The molecule has 0 fully saturated rings. The summed E-state index contributed by atoms with van der Waals surface area (Å²) in [5.74, 6) is 0. The number of fused-ring (bicyclic) bond motifs is 6. The van der Waals surface area contributed by atoms with E-state index in [0.29, 0.717) is 0 Å². The summed E-state index contributed by atoms with van der Waals surface area (Å²) < 4.78 is 0.105. The van der Waals surface area contributed by atoms with Crippen molar-refractivity contribution in [1.82, 2.24) is 0 Å². The first-order chi connectivity index (χ1) is 27.2. The number of allylic oxidation sites excluding steroid dienone is 2. The topological polar surface area (TPSA) is 0 Å². The zero-order chi connectivity index (χ0) is 38.4. The molecule has 0 saturated heterocycles. The number of benzene rings is 8. The third-order valence-corrected chi connectivity index (χ3v) is 59.7. The van der Waals surface area contributed by atoms with Gasteiger partial charge in [0.2, 0.25) is 0 Å². The normalized spacial score (nSPS) is 16.7. The molecular formula is C52H44Cl2SiZr. The monoisotopic (exact) mass is 856 g/mol. The van der Waals surface area contributed by atoms with Crippen LogP contribution in [0.2, 0.25) is 13.1 Å². The number of hydrogen-bond donors (Lipinski definition) is 0. The fraction of sp³-hybridized carbons (Fsp3) is 0.154. The van der Waals surface area contributed by atoms with Crippen LogP contribution in [0.4, 0.5) is 0 Å². The summed E-state index contributed by atoms with van der Waals surface area (Å²) >= 11 is -4.94. The van der Waals surface area contributed by atoms with Gasteiger partial charge in [0.25, 0.3) is 0 Å². The van der Waals surface area contributed by atoms with Gasteiger partial charge in [-0.1, -0.05) is 0 Å². The zero-order valence-electron chi connectivity index (χ0n) is 32.3. The first-order valence-electron chi connectivity index (χ1n) is 20.1. The molecule has 0 N–H and O–H groups in total. The standard InChI is InChI=1S/2C25H19.C2H6Si.2ClH.Zr/c2*1-2-17-12-21-8-5-9-24(25(21)13-17)22-11-10-20-14-18-6-3-4-7-19(18)15-23(20)16-22;1-3-2;;;/h2*3-16H,2H2,1H3;1-2H3;2*1H;/q;;;;;+2/p-2. The molecular weight excluding hydrogens is 815 g/mol. The molecule has 0 bridgehead atoms. The van der Waals surface area contributed by atoms with E-state index in [9.17, 15) is 0 Å². The van der Waals surface area contributed by atoms with Crippen molar-refractivity contribution in [3.8, 4) is 22.3 Å². The van der Waals surface area contributed by atoms with Crippen LogP contribution in [0.5, 0.6) is 0 Å². The van der Waals surface area contributed by atoms with Crippen LogP contribution >= 0.6 is 17.0 Å². The summed E-state index contributed by atoms with van der Waals surface area (Å²) in [5, 5.41) is 10.1. The van der Waals surface area contributed by atoms with Gasteiger partial charge in [-0.05, 0) is 0 Å². The van der Waals surface area contributed by atoms with E-state index < -0.39 is 20.4 Å². The van der Waals surface area contributed by atoms with Crippen LogP contribution in [0.25, 0.3) is 77.5 Å². The molecule has 0 spiro atoms. The van der Waals surface area contributed by atoms with E-state index in [1.54, 1.807) is 0 Å². The molecule has 0 heterocycles. The van der Waals surface area contributed by atoms with E-state index in [2.05, 4.69) is 185 Å². The molecule has 8 aromatic carbocycles. The summed E-state index contributed by atoms with van der Waals surface area (Å²) in [5.41, 5.74) is 11.9. The molecule has 0 amide bonds. The number of rotatable bonds is 6. The Balaban J connectivity index is 1.12. The van der Waals surface area contributed by atoms with Gasteiger partial charge in [0.15, 0.2) is 0 Å². The van der Waals surface area contributed by atoms with Crippen molar-refractivity contribution in [1.29, 1.82) is 0 Å². The molecule has 2 aliphatic carbocycles. The average molecular weight is 859 g/mol. The molecule has 10 rings (SSSR count). The second-order valence-corrected chi connectivity index (χ2v) is 55.1. The van der Waals surface area contributed by atoms with Crippen LogP contribution in [0.1, 0.15) is 56.2 Å². The Labute approximate surface area is 338 Å². The van der Waals surface area contributed by atoms with E-state index in [4.69, 9.17) is 17.0 Å². The van der Waals surface area contributed by atoms with Gasteiger partial charge in [0.05, 0.1) is 0 Å². The minimum absolute atomic E-state index is 0.0523. The third-order valence-electron chi connectivity index (χ3n) is 13.2. The molecule has 0 saturated carbocycles. The summed E-state index contributed by atoms with van der Waals surface area (Å²) in [4.78, 5) is 0. The Bertz CT molecular complexity index is 2900. The predicted molar refractivity (Wildman–Crippen MR) is 245 cm³/mol. The Morgan fingerprint density at radius 1 is 0.446 bits per heavy atom. The van der Waals surface area contributed by atoms with E-state index >= 15 is 0 Å². The Hall–Kier alpha value is -4.04. The summed E-state index contributed by atoms with van der Waals surface area (Å²) in [6.07, 6.45) is 6.81. The van der Waals surface area contributed by atoms with Crippen molar-refractivity contribution in [3.63, 3.8) is 0 Å². The first-order valence-corrected chi connectivity index (χ1v) is 35.4. The van der Waals surface area contributed by atoms with Crippen LogP contribution in [-0.4, -0.2) is 5.43 Å².